The zero-order valence-corrected chi connectivity index (χ0v) is 19.9. The second kappa shape index (κ2) is 9.00. The fourth-order valence-corrected chi connectivity index (χ4v) is 5.43. The summed E-state index contributed by atoms with van der Waals surface area (Å²) in [7, 11) is 0. The quantitative estimate of drug-likeness (QED) is 0.409. The van der Waals surface area contributed by atoms with Crippen molar-refractivity contribution in [3.05, 3.63) is 64.0 Å². The highest BCUT2D eigenvalue weighted by Crippen LogP contribution is 2.47. The number of nitrogens with one attached hydrogen (secondary N) is 1. The Hall–Kier alpha value is -2.82. The largest absolute Gasteiger partial charge is 0.485 e. The molecule has 2 aliphatic heterocycles. The molecule has 0 saturated carbocycles. The Balaban J connectivity index is 1.20. The Kier molecular flexibility index (Phi) is 6.14. The number of hydrogen-bond acceptors (Lipinski definition) is 5. The highest BCUT2D eigenvalue weighted by molar-refractivity contribution is 7.14. The number of thiazole rings is 1. The molecular formula is C24H21ClF3N3O3S. The monoisotopic (exact) mass is 523 g/mol. The molecule has 0 radical (unpaired) electrons. The molecule has 5 rings (SSSR count). The van der Waals surface area contributed by atoms with Gasteiger partial charge in [0.25, 0.3) is 0 Å². The fourth-order valence-electron chi connectivity index (χ4n) is 4.50. The number of fused-ring (bicyclic) bond motifs is 1. The van der Waals surface area contributed by atoms with Gasteiger partial charge in [-0.05, 0) is 18.2 Å². The summed E-state index contributed by atoms with van der Waals surface area (Å²) in [6, 6.07) is 9.71. The number of urea groups is 1. The van der Waals surface area contributed by atoms with Crippen molar-refractivity contribution in [3.63, 3.8) is 0 Å². The van der Waals surface area contributed by atoms with Crippen LogP contribution in [0.2, 0.25) is 5.02 Å². The van der Waals surface area contributed by atoms with Gasteiger partial charge in [-0.15, -0.1) is 11.3 Å². The van der Waals surface area contributed by atoms with Crippen molar-refractivity contribution in [3.8, 4) is 17.0 Å². The summed E-state index contributed by atoms with van der Waals surface area (Å²) >= 11 is 7.48. The van der Waals surface area contributed by atoms with Gasteiger partial charge in [0, 0.05) is 48.9 Å². The molecule has 3 aromatic rings. The van der Waals surface area contributed by atoms with Gasteiger partial charge in [0.2, 0.25) is 0 Å². The van der Waals surface area contributed by atoms with Crippen molar-refractivity contribution in [1.82, 2.24) is 9.88 Å². The number of anilines is 1. The lowest BCUT2D eigenvalue weighted by Crippen LogP contribution is -2.52. The lowest BCUT2D eigenvalue weighted by atomic mass is 9.82. The highest BCUT2D eigenvalue weighted by Gasteiger charge is 2.44. The molecule has 2 aliphatic rings. The topological polar surface area (TPSA) is 74.7 Å². The maximum atomic E-state index is 12.8. The highest BCUT2D eigenvalue weighted by atomic mass is 35.5. The number of nitrogens with zero attached hydrogens (tertiary/aromatic N) is 2. The van der Waals surface area contributed by atoms with Crippen LogP contribution in [0.4, 0.5) is 23.1 Å². The summed E-state index contributed by atoms with van der Waals surface area (Å²) in [5.41, 5.74) is 0.368. The normalized spacial score (nSPS) is 19.2. The Bertz CT molecular complexity index is 1240. The van der Waals surface area contributed by atoms with Crippen molar-refractivity contribution in [2.45, 2.75) is 37.1 Å². The molecule has 1 atom stereocenters. The van der Waals surface area contributed by atoms with Crippen molar-refractivity contribution in [1.29, 1.82) is 0 Å². The lowest BCUT2D eigenvalue weighted by Gasteiger charge is -2.46. The molecule has 0 aliphatic carbocycles. The van der Waals surface area contributed by atoms with Gasteiger partial charge in [0.15, 0.2) is 5.13 Å². The standard InChI is InChI=1S/C24H21ClF3N3O3S/c25-17-3-1-2-16-19(32)12-23(34-20(16)17)8-10-31(11-9-23)22(33)30-21-29-18(13-35-21)14-4-6-15(7-5-14)24(26,27)28/h1-7,13,19,32H,8-12H2,(H,29,30,33). The van der Waals surface area contributed by atoms with Crippen LogP contribution < -0.4 is 10.1 Å². The third-order valence-electron chi connectivity index (χ3n) is 6.43. The number of amides is 2. The van der Waals surface area contributed by atoms with Gasteiger partial charge in [-0.3, -0.25) is 5.32 Å². The Morgan fingerprint density at radius 3 is 2.60 bits per heavy atom. The van der Waals surface area contributed by atoms with Crippen molar-refractivity contribution < 1.29 is 27.8 Å². The number of halogens is 4. The first-order chi connectivity index (χ1) is 16.6. The van der Waals surface area contributed by atoms with E-state index in [4.69, 9.17) is 16.3 Å². The number of likely N-dealkylation sites (tertiary alicyclic amines) is 1. The van der Waals surface area contributed by atoms with Crippen molar-refractivity contribution in [2.24, 2.45) is 0 Å². The van der Waals surface area contributed by atoms with E-state index in [0.717, 1.165) is 12.1 Å². The fraction of sp³-hybridized carbons (Fsp3) is 0.333. The number of alkyl halides is 3. The first-order valence-electron chi connectivity index (χ1n) is 11.0. The van der Waals surface area contributed by atoms with Crippen LogP contribution in [0.1, 0.15) is 36.5 Å². The molecule has 6 nitrogen and oxygen atoms in total. The first-order valence-corrected chi connectivity index (χ1v) is 12.2. The first kappa shape index (κ1) is 23.9. The summed E-state index contributed by atoms with van der Waals surface area (Å²) in [5, 5.41) is 15.9. The third kappa shape index (κ3) is 4.82. The van der Waals surface area contributed by atoms with Gasteiger partial charge in [0.1, 0.15) is 11.4 Å². The summed E-state index contributed by atoms with van der Waals surface area (Å²) in [6.07, 6.45) is -3.58. The molecule has 11 heteroatoms. The molecule has 184 valence electrons. The van der Waals surface area contributed by atoms with Crippen LogP contribution in [0.3, 0.4) is 0 Å². The molecule has 1 unspecified atom stereocenters. The molecule has 1 saturated heterocycles. The van der Waals surface area contributed by atoms with E-state index in [-0.39, 0.29) is 6.03 Å². The number of hydrogen-bond donors (Lipinski definition) is 2. The van der Waals surface area contributed by atoms with E-state index >= 15 is 0 Å². The van der Waals surface area contributed by atoms with Crippen LogP contribution in [0.25, 0.3) is 11.3 Å². The van der Waals surface area contributed by atoms with E-state index in [1.165, 1.54) is 23.5 Å². The second-order valence-electron chi connectivity index (χ2n) is 8.69. The van der Waals surface area contributed by atoms with E-state index in [0.29, 0.717) is 65.1 Å². The van der Waals surface area contributed by atoms with Gasteiger partial charge in [0.05, 0.1) is 22.4 Å². The number of piperidine rings is 1. The van der Waals surface area contributed by atoms with Crippen LogP contribution in [0, 0.1) is 0 Å². The molecular weight excluding hydrogens is 503 g/mol. The third-order valence-corrected chi connectivity index (χ3v) is 7.48. The molecule has 35 heavy (non-hydrogen) atoms. The maximum absolute atomic E-state index is 12.8. The lowest BCUT2D eigenvalue weighted by molar-refractivity contribution is -0.137. The molecule has 2 aromatic carbocycles. The van der Waals surface area contributed by atoms with Gasteiger partial charge >= 0.3 is 12.2 Å². The van der Waals surface area contributed by atoms with Gasteiger partial charge in [-0.1, -0.05) is 35.9 Å². The molecule has 1 aromatic heterocycles. The number of aliphatic hydroxyl groups excluding tert-OH is 1. The Morgan fingerprint density at radius 2 is 1.91 bits per heavy atom. The minimum atomic E-state index is -4.40. The average molecular weight is 524 g/mol. The minimum absolute atomic E-state index is 0.317. The minimum Gasteiger partial charge on any atom is -0.485 e. The number of benzene rings is 2. The predicted molar refractivity (Wildman–Crippen MR) is 127 cm³/mol. The molecule has 2 amide bonds. The van der Waals surface area contributed by atoms with Crippen molar-refractivity contribution in [2.75, 3.05) is 18.4 Å². The van der Waals surface area contributed by atoms with Gasteiger partial charge in [-0.2, -0.15) is 13.2 Å². The zero-order chi connectivity index (χ0) is 24.8. The number of ether oxygens (including phenoxy) is 1. The molecule has 0 bridgehead atoms. The van der Waals surface area contributed by atoms with Crippen LogP contribution in [-0.2, 0) is 6.18 Å². The van der Waals surface area contributed by atoms with E-state index in [9.17, 15) is 23.1 Å². The smallest absolute Gasteiger partial charge is 0.416 e. The van der Waals surface area contributed by atoms with E-state index < -0.39 is 23.4 Å². The Labute approximate surface area is 208 Å². The molecule has 2 N–H and O–H groups in total. The van der Waals surface area contributed by atoms with Crippen LogP contribution in [-0.4, -0.2) is 39.7 Å². The summed E-state index contributed by atoms with van der Waals surface area (Å²) in [5.74, 6) is 0.504. The summed E-state index contributed by atoms with van der Waals surface area (Å²) < 4.78 is 44.6. The number of para-hydroxylation sites is 1. The zero-order valence-electron chi connectivity index (χ0n) is 18.3. The van der Waals surface area contributed by atoms with Crippen LogP contribution in [0.15, 0.2) is 47.8 Å². The number of aliphatic hydroxyl groups is 1. The number of aromatic nitrogens is 1. The van der Waals surface area contributed by atoms with E-state index in [1.54, 1.807) is 28.5 Å². The number of rotatable bonds is 2. The molecule has 3 heterocycles. The van der Waals surface area contributed by atoms with E-state index in [1.807, 2.05) is 0 Å². The summed E-state index contributed by atoms with van der Waals surface area (Å²) in [6.45, 7) is 0.852. The van der Waals surface area contributed by atoms with Crippen molar-refractivity contribution >= 4 is 34.1 Å². The van der Waals surface area contributed by atoms with Gasteiger partial charge in [-0.25, -0.2) is 9.78 Å². The second-order valence-corrected chi connectivity index (χ2v) is 9.96. The summed E-state index contributed by atoms with van der Waals surface area (Å²) in [4.78, 5) is 18.8. The van der Waals surface area contributed by atoms with E-state index in [2.05, 4.69) is 10.3 Å². The van der Waals surface area contributed by atoms with Crippen LogP contribution >= 0.6 is 22.9 Å². The van der Waals surface area contributed by atoms with Crippen LogP contribution in [0.5, 0.6) is 5.75 Å². The Morgan fingerprint density at radius 1 is 1.20 bits per heavy atom. The molecule has 1 spiro atoms. The number of carbonyl (C=O) groups excluding carboxylic acids is 1. The SMILES string of the molecule is O=C(Nc1nc(-c2ccc(C(F)(F)F)cc2)cs1)N1CCC2(CC1)CC(O)c1cccc(Cl)c1O2. The predicted octanol–water partition coefficient (Wildman–Crippen LogP) is 6.36. The average Bonchev–Trinajstić information content (AvgIpc) is 3.28. The molecule has 1 fully saturated rings. The number of carbonyl (C=O) groups is 1. The van der Waals surface area contributed by atoms with Gasteiger partial charge < -0.3 is 14.7 Å². The maximum Gasteiger partial charge on any atom is 0.416 e.